The van der Waals surface area contributed by atoms with Crippen LogP contribution in [0.2, 0.25) is 0 Å². The number of rotatable bonds is 10. The number of nitrogens with zero attached hydrogens (tertiary/aromatic N) is 2. The van der Waals surface area contributed by atoms with Crippen molar-refractivity contribution < 1.29 is 27.8 Å². The first-order chi connectivity index (χ1) is 19.1. The minimum atomic E-state index is -4.00. The van der Waals surface area contributed by atoms with Crippen molar-refractivity contribution in [2.24, 2.45) is 10.7 Å². The van der Waals surface area contributed by atoms with Gasteiger partial charge in [-0.2, -0.15) is 0 Å². The van der Waals surface area contributed by atoms with Gasteiger partial charge in [0.1, 0.15) is 22.5 Å². The lowest BCUT2D eigenvalue weighted by Crippen LogP contribution is -2.42. The Morgan fingerprint density at radius 3 is 2.51 bits per heavy atom. The van der Waals surface area contributed by atoms with Crippen LogP contribution in [0.5, 0.6) is 5.75 Å². The van der Waals surface area contributed by atoms with E-state index >= 15 is 0 Å². The summed E-state index contributed by atoms with van der Waals surface area (Å²) >= 11 is 1.34. The van der Waals surface area contributed by atoms with Crippen LogP contribution >= 0.6 is 11.3 Å². The summed E-state index contributed by atoms with van der Waals surface area (Å²) < 4.78 is 40.2. The number of aliphatic hydroxyl groups excluding tert-OH is 1. The highest BCUT2D eigenvalue weighted by Gasteiger charge is 2.28. The zero-order valence-electron chi connectivity index (χ0n) is 24.4. The van der Waals surface area contributed by atoms with Crippen LogP contribution in [-0.2, 0) is 14.8 Å². The van der Waals surface area contributed by atoms with E-state index in [1.807, 2.05) is 24.3 Å². The fourth-order valence-electron chi connectivity index (χ4n) is 4.34. The molecule has 224 valence electrons. The van der Waals surface area contributed by atoms with E-state index in [1.165, 1.54) is 18.4 Å². The molecule has 3 aromatic rings. The van der Waals surface area contributed by atoms with Crippen LogP contribution in [0.3, 0.4) is 0 Å². The molecule has 0 bridgehead atoms. The smallest absolute Gasteiger partial charge is 0.407 e. The van der Waals surface area contributed by atoms with E-state index in [4.69, 9.17) is 15.2 Å². The van der Waals surface area contributed by atoms with E-state index in [2.05, 4.69) is 20.0 Å². The molecule has 0 saturated carbocycles. The molecule has 11 nitrogen and oxygen atoms in total. The molecule has 0 radical (unpaired) electrons. The molecular weight excluding hydrogens is 566 g/mol. The average Bonchev–Trinajstić information content (AvgIpc) is 3.30. The molecule has 2 aromatic carbocycles. The fraction of sp³-hybridized carbons (Fsp3) is 0.464. The van der Waals surface area contributed by atoms with Gasteiger partial charge < -0.3 is 25.6 Å². The summed E-state index contributed by atoms with van der Waals surface area (Å²) in [7, 11) is -2.47. The number of nitrogens with one attached hydrogen (secondary N) is 2. The standard InChI is InChI=1S/C28H39N5O6S2/c1-16-15-21(38-7)17(2)18(3)24(16)41(36,37)33-26(29)30-14-10-12-20(32-27(35)39-28(4,5)6)23(34)25-31-19-11-8-9-13-22(19)40-25/h8-9,11,13,15,20,23,34H,10,12,14H2,1-7H3,(H,32,35)(H3,29,30,33)/t20-,23?/m0/s1. The molecule has 0 aliphatic rings. The summed E-state index contributed by atoms with van der Waals surface area (Å²) in [5, 5.41) is 14.4. The van der Waals surface area contributed by atoms with Crippen molar-refractivity contribution >= 4 is 43.6 Å². The number of aryl methyl sites for hydroxylation is 1. The second kappa shape index (κ2) is 13.0. The summed E-state index contributed by atoms with van der Waals surface area (Å²) in [4.78, 5) is 21.3. The number of hydrogen-bond donors (Lipinski definition) is 4. The lowest BCUT2D eigenvalue weighted by molar-refractivity contribution is 0.0412. The van der Waals surface area contributed by atoms with Gasteiger partial charge >= 0.3 is 6.09 Å². The number of para-hydroxylation sites is 1. The quantitative estimate of drug-likeness (QED) is 0.151. The van der Waals surface area contributed by atoms with Gasteiger partial charge in [0.25, 0.3) is 10.0 Å². The molecule has 1 aromatic heterocycles. The summed E-state index contributed by atoms with van der Waals surface area (Å²) in [6.07, 6.45) is -1.08. The lowest BCUT2D eigenvalue weighted by Gasteiger charge is -2.25. The predicted octanol–water partition coefficient (Wildman–Crippen LogP) is 4.23. The summed E-state index contributed by atoms with van der Waals surface area (Å²) in [6.45, 7) is 10.6. The molecule has 0 aliphatic carbocycles. The molecule has 0 saturated heterocycles. The van der Waals surface area contributed by atoms with Gasteiger partial charge in [-0.1, -0.05) is 12.1 Å². The fourth-order valence-corrected chi connectivity index (χ4v) is 6.84. The van der Waals surface area contributed by atoms with E-state index in [-0.39, 0.29) is 17.4 Å². The zero-order chi connectivity index (χ0) is 30.5. The van der Waals surface area contributed by atoms with Gasteiger partial charge in [-0.05, 0) is 89.3 Å². The number of guanidine groups is 1. The number of aliphatic imine (C=N–C) groups is 1. The number of carbonyl (C=O) groups is 1. The number of sulfonamides is 1. The number of nitrogens with two attached hydrogens (primary N) is 1. The Morgan fingerprint density at radius 2 is 1.88 bits per heavy atom. The minimum Gasteiger partial charge on any atom is -0.496 e. The Bertz CT molecular complexity index is 1500. The third-order valence-corrected chi connectivity index (χ3v) is 9.06. The number of aliphatic hydroxyl groups is 1. The number of thiazole rings is 1. The Labute approximate surface area is 245 Å². The van der Waals surface area contributed by atoms with Crippen molar-refractivity contribution in [1.82, 2.24) is 15.0 Å². The van der Waals surface area contributed by atoms with Crippen molar-refractivity contribution in [3.63, 3.8) is 0 Å². The number of alkyl carbamates (subject to hydrolysis) is 1. The van der Waals surface area contributed by atoms with Gasteiger partial charge in [-0.3, -0.25) is 4.99 Å². The number of benzene rings is 2. The van der Waals surface area contributed by atoms with Gasteiger partial charge in [0, 0.05) is 6.54 Å². The first-order valence-electron chi connectivity index (χ1n) is 13.1. The normalized spacial score (nSPS) is 14.0. The third-order valence-electron chi connectivity index (χ3n) is 6.31. The SMILES string of the molecule is COc1cc(C)c(S(=O)(=O)NC(N)=NCCC[C@H](NC(=O)OC(C)(C)C)C(O)c2nc3ccccc3s2)c(C)c1C. The predicted molar refractivity (Wildman–Crippen MR) is 161 cm³/mol. The first kappa shape index (κ1) is 32.1. The van der Waals surface area contributed by atoms with Crippen LogP contribution in [-0.4, -0.2) is 55.9 Å². The van der Waals surface area contributed by atoms with E-state index in [0.717, 1.165) is 10.2 Å². The summed E-state index contributed by atoms with van der Waals surface area (Å²) in [5.74, 6) is 0.337. The van der Waals surface area contributed by atoms with Crippen LogP contribution in [0.25, 0.3) is 10.2 Å². The molecule has 5 N–H and O–H groups in total. The molecule has 2 atom stereocenters. The van der Waals surface area contributed by atoms with Crippen molar-refractivity contribution in [1.29, 1.82) is 0 Å². The topological polar surface area (TPSA) is 165 Å². The van der Waals surface area contributed by atoms with Gasteiger partial charge in [0.05, 0.1) is 28.3 Å². The van der Waals surface area contributed by atoms with Crippen molar-refractivity contribution in [3.8, 4) is 5.75 Å². The number of hydrogen-bond acceptors (Lipinski definition) is 9. The second-order valence-corrected chi connectivity index (χ2v) is 13.4. The van der Waals surface area contributed by atoms with Gasteiger partial charge in [-0.25, -0.2) is 22.9 Å². The molecular formula is C28H39N5O6S2. The Hall–Kier alpha value is -3.42. The van der Waals surface area contributed by atoms with Crippen LogP contribution < -0.4 is 20.5 Å². The molecule has 1 heterocycles. The molecule has 0 aliphatic heterocycles. The van der Waals surface area contributed by atoms with Crippen LogP contribution in [0.1, 0.15) is 61.4 Å². The molecule has 0 fully saturated rings. The van der Waals surface area contributed by atoms with Crippen molar-refractivity contribution in [3.05, 3.63) is 52.0 Å². The van der Waals surface area contributed by atoms with Gasteiger partial charge in [-0.15, -0.1) is 11.3 Å². The second-order valence-electron chi connectivity index (χ2n) is 10.7. The Kier molecular flexibility index (Phi) is 10.2. The number of fused-ring (bicyclic) bond motifs is 1. The Morgan fingerprint density at radius 1 is 1.20 bits per heavy atom. The maximum Gasteiger partial charge on any atom is 0.407 e. The Balaban J connectivity index is 1.71. The highest BCUT2D eigenvalue weighted by Crippen LogP contribution is 2.31. The largest absolute Gasteiger partial charge is 0.496 e. The number of amides is 1. The van der Waals surface area contributed by atoms with Gasteiger partial charge in [0.2, 0.25) is 5.96 Å². The minimum absolute atomic E-state index is 0.120. The third kappa shape index (κ3) is 8.30. The molecule has 41 heavy (non-hydrogen) atoms. The summed E-state index contributed by atoms with van der Waals surface area (Å²) in [6, 6.07) is 8.46. The van der Waals surface area contributed by atoms with Crippen LogP contribution in [0.4, 0.5) is 4.79 Å². The lowest BCUT2D eigenvalue weighted by atomic mass is 10.1. The summed E-state index contributed by atoms with van der Waals surface area (Å²) in [5.41, 5.74) is 7.76. The average molecular weight is 606 g/mol. The van der Waals surface area contributed by atoms with Crippen LogP contribution in [0.15, 0.2) is 40.2 Å². The molecule has 0 spiro atoms. The number of ether oxygens (including phenoxy) is 2. The van der Waals surface area contributed by atoms with Gasteiger partial charge in [0.15, 0.2) is 0 Å². The maximum atomic E-state index is 13.1. The number of carbonyl (C=O) groups excluding carboxylic acids is 1. The van der Waals surface area contributed by atoms with E-state index in [1.54, 1.807) is 47.6 Å². The molecule has 1 amide bonds. The van der Waals surface area contributed by atoms with E-state index < -0.39 is 33.9 Å². The van der Waals surface area contributed by atoms with Crippen molar-refractivity contribution in [2.75, 3.05) is 13.7 Å². The first-order valence-corrected chi connectivity index (χ1v) is 15.4. The highest BCUT2D eigenvalue weighted by atomic mass is 32.2. The monoisotopic (exact) mass is 605 g/mol. The molecule has 1 unspecified atom stereocenters. The number of aromatic nitrogens is 1. The zero-order valence-corrected chi connectivity index (χ0v) is 26.1. The van der Waals surface area contributed by atoms with E-state index in [9.17, 15) is 18.3 Å². The van der Waals surface area contributed by atoms with Crippen LogP contribution in [0, 0.1) is 20.8 Å². The van der Waals surface area contributed by atoms with E-state index in [0.29, 0.717) is 40.3 Å². The highest BCUT2D eigenvalue weighted by molar-refractivity contribution is 7.90. The van der Waals surface area contributed by atoms with Crippen molar-refractivity contribution in [2.45, 2.75) is 77.0 Å². The molecule has 13 heteroatoms. The maximum absolute atomic E-state index is 13.1. The number of methoxy groups -OCH3 is 1. The molecule has 3 rings (SSSR count).